The van der Waals surface area contributed by atoms with Crippen LogP contribution in [0, 0.1) is 23.5 Å². The monoisotopic (exact) mass is 281 g/mol. The number of aliphatic hydroxyl groups is 1. The molecule has 0 bridgehead atoms. The summed E-state index contributed by atoms with van der Waals surface area (Å²) in [6.07, 6.45) is 4.48. The SMILES string of the molecule is OC(CN1CC2CCCCC2C1)c1ccc(F)c(F)c1. The Morgan fingerprint density at radius 1 is 1.10 bits per heavy atom. The van der Waals surface area contributed by atoms with Gasteiger partial charge in [-0.2, -0.15) is 0 Å². The van der Waals surface area contributed by atoms with Gasteiger partial charge < -0.3 is 5.11 Å². The van der Waals surface area contributed by atoms with Crippen LogP contribution < -0.4 is 0 Å². The Hall–Kier alpha value is -1.00. The van der Waals surface area contributed by atoms with Gasteiger partial charge in [0.25, 0.3) is 0 Å². The minimum atomic E-state index is -0.892. The summed E-state index contributed by atoms with van der Waals surface area (Å²) in [5, 5.41) is 10.2. The molecular weight excluding hydrogens is 260 g/mol. The summed E-state index contributed by atoms with van der Waals surface area (Å²) in [5.74, 6) is -0.230. The standard InChI is InChI=1S/C16H21F2NO/c17-14-6-5-11(7-15(14)18)16(20)10-19-8-12-3-1-2-4-13(12)9-19/h5-7,12-13,16,20H,1-4,8-10H2. The third kappa shape index (κ3) is 2.86. The molecule has 3 unspecified atom stereocenters. The van der Waals surface area contributed by atoms with Gasteiger partial charge in [-0.1, -0.05) is 18.9 Å². The zero-order valence-corrected chi connectivity index (χ0v) is 11.6. The van der Waals surface area contributed by atoms with Gasteiger partial charge in [0.05, 0.1) is 6.10 Å². The summed E-state index contributed by atoms with van der Waals surface area (Å²) in [6, 6.07) is 3.65. The van der Waals surface area contributed by atoms with Crippen LogP contribution in [0.15, 0.2) is 18.2 Å². The highest BCUT2D eigenvalue weighted by Crippen LogP contribution is 2.36. The molecule has 1 aromatic rings. The molecule has 0 amide bonds. The van der Waals surface area contributed by atoms with E-state index in [-0.39, 0.29) is 0 Å². The molecule has 2 nitrogen and oxygen atoms in total. The van der Waals surface area contributed by atoms with Gasteiger partial charge in [-0.25, -0.2) is 8.78 Å². The van der Waals surface area contributed by atoms with Gasteiger partial charge in [-0.05, 0) is 42.4 Å². The lowest BCUT2D eigenvalue weighted by atomic mass is 9.82. The molecule has 1 aliphatic heterocycles. The quantitative estimate of drug-likeness (QED) is 0.920. The van der Waals surface area contributed by atoms with Gasteiger partial charge in [0.1, 0.15) is 0 Å². The summed E-state index contributed by atoms with van der Waals surface area (Å²) in [4.78, 5) is 2.27. The van der Waals surface area contributed by atoms with Crippen LogP contribution in [0.3, 0.4) is 0 Å². The first-order valence-electron chi connectivity index (χ1n) is 7.49. The first-order chi connectivity index (χ1) is 9.63. The van der Waals surface area contributed by atoms with Crippen LogP contribution in [-0.4, -0.2) is 29.6 Å². The highest BCUT2D eigenvalue weighted by Gasteiger charge is 2.34. The van der Waals surface area contributed by atoms with E-state index >= 15 is 0 Å². The maximum absolute atomic E-state index is 13.2. The highest BCUT2D eigenvalue weighted by atomic mass is 19.2. The van der Waals surface area contributed by atoms with E-state index in [0.29, 0.717) is 12.1 Å². The van der Waals surface area contributed by atoms with Gasteiger partial charge in [-0.15, -0.1) is 0 Å². The van der Waals surface area contributed by atoms with E-state index in [1.54, 1.807) is 0 Å². The van der Waals surface area contributed by atoms with E-state index in [4.69, 9.17) is 0 Å². The predicted molar refractivity (Wildman–Crippen MR) is 73.2 cm³/mol. The molecule has 1 saturated carbocycles. The lowest BCUT2D eigenvalue weighted by Crippen LogP contribution is -2.26. The smallest absolute Gasteiger partial charge is 0.159 e. The number of fused-ring (bicyclic) bond motifs is 1. The first kappa shape index (κ1) is 14.0. The van der Waals surface area contributed by atoms with Crippen molar-refractivity contribution in [2.75, 3.05) is 19.6 Å². The van der Waals surface area contributed by atoms with E-state index in [2.05, 4.69) is 4.90 Å². The molecule has 0 spiro atoms. The van der Waals surface area contributed by atoms with Crippen molar-refractivity contribution in [1.82, 2.24) is 4.90 Å². The minimum absolute atomic E-state index is 0.457. The van der Waals surface area contributed by atoms with Crippen molar-refractivity contribution in [3.63, 3.8) is 0 Å². The molecule has 1 heterocycles. The zero-order chi connectivity index (χ0) is 14.1. The molecule has 1 aliphatic carbocycles. The number of halogens is 2. The largest absolute Gasteiger partial charge is 0.387 e. The molecule has 2 fully saturated rings. The maximum Gasteiger partial charge on any atom is 0.159 e. The molecule has 2 aliphatic rings. The van der Waals surface area contributed by atoms with Crippen molar-refractivity contribution in [2.24, 2.45) is 11.8 Å². The Balaban J connectivity index is 1.61. The summed E-state index contributed by atoms with van der Waals surface area (Å²) < 4.78 is 26.1. The normalized spacial score (nSPS) is 28.4. The number of β-amino-alcohol motifs (C(OH)–C–C–N with tert-alkyl or cyclic N) is 1. The molecule has 20 heavy (non-hydrogen) atoms. The molecule has 4 heteroatoms. The second kappa shape index (κ2) is 5.78. The number of rotatable bonds is 3. The highest BCUT2D eigenvalue weighted by molar-refractivity contribution is 5.20. The Morgan fingerprint density at radius 3 is 2.35 bits per heavy atom. The maximum atomic E-state index is 13.2. The van der Waals surface area contributed by atoms with Crippen LogP contribution >= 0.6 is 0 Å². The van der Waals surface area contributed by atoms with Crippen LogP contribution in [-0.2, 0) is 0 Å². The van der Waals surface area contributed by atoms with E-state index in [1.165, 1.54) is 31.7 Å². The number of nitrogens with zero attached hydrogens (tertiary/aromatic N) is 1. The third-order valence-electron chi connectivity index (χ3n) is 4.81. The van der Waals surface area contributed by atoms with E-state index < -0.39 is 17.7 Å². The second-order valence-corrected chi connectivity index (χ2v) is 6.21. The van der Waals surface area contributed by atoms with Crippen LogP contribution in [0.5, 0.6) is 0 Å². The van der Waals surface area contributed by atoms with Crippen molar-refractivity contribution in [2.45, 2.75) is 31.8 Å². The molecule has 0 aromatic heterocycles. The lowest BCUT2D eigenvalue weighted by molar-refractivity contribution is 0.122. The molecule has 110 valence electrons. The van der Waals surface area contributed by atoms with Gasteiger partial charge >= 0.3 is 0 Å². The Labute approximate surface area is 118 Å². The molecule has 1 aromatic carbocycles. The van der Waals surface area contributed by atoms with Crippen LogP contribution in [0.4, 0.5) is 8.78 Å². The Kier molecular flexibility index (Phi) is 4.03. The first-order valence-corrected chi connectivity index (χ1v) is 7.49. The van der Waals surface area contributed by atoms with Crippen molar-refractivity contribution in [3.05, 3.63) is 35.4 Å². The molecule has 1 N–H and O–H groups in total. The molecule has 3 atom stereocenters. The fourth-order valence-corrected chi connectivity index (χ4v) is 3.72. The minimum Gasteiger partial charge on any atom is -0.387 e. The van der Waals surface area contributed by atoms with Crippen LogP contribution in [0.1, 0.15) is 37.4 Å². The number of likely N-dealkylation sites (tertiary alicyclic amines) is 1. The van der Waals surface area contributed by atoms with Crippen molar-refractivity contribution in [1.29, 1.82) is 0 Å². The average molecular weight is 281 g/mol. The number of aliphatic hydroxyl groups excluding tert-OH is 1. The second-order valence-electron chi connectivity index (χ2n) is 6.21. The summed E-state index contributed by atoms with van der Waals surface area (Å²) in [6.45, 7) is 2.58. The zero-order valence-electron chi connectivity index (χ0n) is 11.6. The van der Waals surface area contributed by atoms with Crippen LogP contribution in [0.2, 0.25) is 0 Å². The fourth-order valence-electron chi connectivity index (χ4n) is 3.72. The van der Waals surface area contributed by atoms with Gasteiger partial charge in [0.2, 0.25) is 0 Å². The third-order valence-corrected chi connectivity index (χ3v) is 4.81. The summed E-state index contributed by atoms with van der Waals surface area (Å²) in [7, 11) is 0. The number of hydrogen-bond acceptors (Lipinski definition) is 2. The summed E-state index contributed by atoms with van der Waals surface area (Å²) >= 11 is 0. The number of hydrogen-bond donors (Lipinski definition) is 1. The average Bonchev–Trinajstić information content (AvgIpc) is 2.83. The summed E-state index contributed by atoms with van der Waals surface area (Å²) in [5.41, 5.74) is 0.457. The lowest BCUT2D eigenvalue weighted by Gasteiger charge is -2.23. The molecule has 0 radical (unpaired) electrons. The van der Waals surface area contributed by atoms with Crippen molar-refractivity contribution in [3.8, 4) is 0 Å². The molecule has 3 rings (SSSR count). The number of benzene rings is 1. The topological polar surface area (TPSA) is 23.5 Å². The molecular formula is C16H21F2NO. The fraction of sp³-hybridized carbons (Fsp3) is 0.625. The van der Waals surface area contributed by atoms with E-state index in [1.807, 2.05) is 0 Å². The van der Waals surface area contributed by atoms with E-state index in [0.717, 1.165) is 37.1 Å². The Morgan fingerprint density at radius 2 is 1.75 bits per heavy atom. The van der Waals surface area contributed by atoms with E-state index in [9.17, 15) is 13.9 Å². The van der Waals surface area contributed by atoms with Gasteiger partial charge in [0.15, 0.2) is 11.6 Å². The Bertz CT molecular complexity index is 466. The van der Waals surface area contributed by atoms with Crippen molar-refractivity contribution >= 4 is 0 Å². The van der Waals surface area contributed by atoms with Crippen molar-refractivity contribution < 1.29 is 13.9 Å². The van der Waals surface area contributed by atoms with Gasteiger partial charge in [-0.3, -0.25) is 4.90 Å². The van der Waals surface area contributed by atoms with Gasteiger partial charge in [0, 0.05) is 19.6 Å². The molecule has 1 saturated heterocycles. The van der Waals surface area contributed by atoms with Crippen LogP contribution in [0.25, 0.3) is 0 Å². The predicted octanol–water partition coefficient (Wildman–Crippen LogP) is 3.12.